The first kappa shape index (κ1) is 12.4. The van der Waals surface area contributed by atoms with E-state index >= 15 is 0 Å². The normalized spacial score (nSPS) is 18.6. The molecule has 3 heteroatoms. The van der Waals surface area contributed by atoms with E-state index in [-0.39, 0.29) is 0 Å². The SMILES string of the molecule is Clc1ccc(NC2CCN(c3ccccc3)C2)cc1. The van der Waals surface area contributed by atoms with Crippen molar-refractivity contribution in [3.8, 4) is 0 Å². The Bertz CT molecular complexity index is 524. The van der Waals surface area contributed by atoms with Crippen LogP contribution in [0.2, 0.25) is 5.02 Å². The van der Waals surface area contributed by atoms with Crippen molar-refractivity contribution in [3.63, 3.8) is 0 Å². The molecule has 1 aliphatic heterocycles. The van der Waals surface area contributed by atoms with Crippen LogP contribution in [0, 0.1) is 0 Å². The van der Waals surface area contributed by atoms with Gasteiger partial charge in [0, 0.05) is 35.5 Å². The molecule has 1 unspecified atom stereocenters. The Morgan fingerprint density at radius 1 is 1.00 bits per heavy atom. The zero-order valence-electron chi connectivity index (χ0n) is 10.7. The van der Waals surface area contributed by atoms with E-state index in [0.29, 0.717) is 6.04 Å². The maximum atomic E-state index is 5.90. The highest BCUT2D eigenvalue weighted by molar-refractivity contribution is 6.30. The third-order valence-electron chi connectivity index (χ3n) is 3.52. The van der Waals surface area contributed by atoms with Gasteiger partial charge in [-0.1, -0.05) is 29.8 Å². The number of nitrogens with zero attached hydrogens (tertiary/aromatic N) is 1. The quantitative estimate of drug-likeness (QED) is 0.907. The van der Waals surface area contributed by atoms with E-state index in [1.807, 2.05) is 24.3 Å². The van der Waals surface area contributed by atoms with Crippen LogP contribution >= 0.6 is 11.6 Å². The maximum absolute atomic E-state index is 5.90. The van der Waals surface area contributed by atoms with Crippen LogP contribution in [-0.4, -0.2) is 19.1 Å². The lowest BCUT2D eigenvalue weighted by Crippen LogP contribution is -2.25. The van der Waals surface area contributed by atoms with Crippen LogP contribution in [0.1, 0.15) is 6.42 Å². The molecule has 0 radical (unpaired) electrons. The molecule has 1 atom stereocenters. The summed E-state index contributed by atoms with van der Waals surface area (Å²) in [5.41, 5.74) is 2.45. The van der Waals surface area contributed by atoms with Crippen LogP contribution in [0.15, 0.2) is 54.6 Å². The van der Waals surface area contributed by atoms with Crippen molar-refractivity contribution in [2.75, 3.05) is 23.3 Å². The average molecular weight is 273 g/mol. The third-order valence-corrected chi connectivity index (χ3v) is 3.78. The highest BCUT2D eigenvalue weighted by Crippen LogP contribution is 2.22. The minimum absolute atomic E-state index is 0.501. The molecule has 1 heterocycles. The van der Waals surface area contributed by atoms with Gasteiger partial charge >= 0.3 is 0 Å². The Balaban J connectivity index is 1.62. The monoisotopic (exact) mass is 272 g/mol. The second-order valence-electron chi connectivity index (χ2n) is 4.92. The summed E-state index contributed by atoms with van der Waals surface area (Å²) in [5, 5.41) is 4.35. The molecule has 1 fully saturated rings. The van der Waals surface area contributed by atoms with Gasteiger partial charge in [0.1, 0.15) is 0 Å². The Kier molecular flexibility index (Phi) is 3.60. The number of benzene rings is 2. The van der Waals surface area contributed by atoms with Gasteiger partial charge < -0.3 is 10.2 Å². The molecule has 1 saturated heterocycles. The first-order chi connectivity index (χ1) is 9.31. The zero-order chi connectivity index (χ0) is 13.1. The van der Waals surface area contributed by atoms with Crippen LogP contribution < -0.4 is 10.2 Å². The lowest BCUT2D eigenvalue weighted by atomic mass is 10.2. The Morgan fingerprint density at radius 2 is 1.74 bits per heavy atom. The molecule has 0 saturated carbocycles. The lowest BCUT2D eigenvalue weighted by molar-refractivity contribution is 0.807. The van der Waals surface area contributed by atoms with E-state index < -0.39 is 0 Å². The van der Waals surface area contributed by atoms with E-state index in [1.54, 1.807) is 0 Å². The molecule has 19 heavy (non-hydrogen) atoms. The van der Waals surface area contributed by atoms with E-state index in [4.69, 9.17) is 11.6 Å². The van der Waals surface area contributed by atoms with Crippen molar-refractivity contribution in [1.29, 1.82) is 0 Å². The molecule has 98 valence electrons. The highest BCUT2D eigenvalue weighted by Gasteiger charge is 2.22. The number of para-hydroxylation sites is 1. The van der Waals surface area contributed by atoms with Crippen molar-refractivity contribution in [3.05, 3.63) is 59.6 Å². The van der Waals surface area contributed by atoms with Gasteiger partial charge in [0.15, 0.2) is 0 Å². The second kappa shape index (κ2) is 5.54. The van der Waals surface area contributed by atoms with Crippen molar-refractivity contribution < 1.29 is 0 Å². The summed E-state index contributed by atoms with van der Waals surface area (Å²) in [4.78, 5) is 2.42. The minimum Gasteiger partial charge on any atom is -0.380 e. The van der Waals surface area contributed by atoms with Crippen molar-refractivity contribution >= 4 is 23.0 Å². The van der Waals surface area contributed by atoms with E-state index in [0.717, 1.165) is 30.2 Å². The van der Waals surface area contributed by atoms with Gasteiger partial charge in [-0.25, -0.2) is 0 Å². The van der Waals surface area contributed by atoms with E-state index in [2.05, 4.69) is 40.5 Å². The molecule has 3 rings (SSSR count). The average Bonchev–Trinajstić information content (AvgIpc) is 2.91. The number of halogens is 1. The number of nitrogens with one attached hydrogen (secondary N) is 1. The van der Waals surface area contributed by atoms with Crippen LogP contribution in [0.3, 0.4) is 0 Å². The smallest absolute Gasteiger partial charge is 0.0453 e. The second-order valence-corrected chi connectivity index (χ2v) is 5.35. The molecule has 1 aliphatic rings. The Labute approximate surface area is 119 Å². The van der Waals surface area contributed by atoms with E-state index in [1.165, 1.54) is 5.69 Å². The minimum atomic E-state index is 0.501. The molecule has 2 aromatic carbocycles. The fourth-order valence-corrected chi connectivity index (χ4v) is 2.66. The highest BCUT2D eigenvalue weighted by atomic mass is 35.5. The van der Waals surface area contributed by atoms with Gasteiger partial charge in [0.25, 0.3) is 0 Å². The molecule has 0 aliphatic carbocycles. The largest absolute Gasteiger partial charge is 0.380 e. The first-order valence-corrected chi connectivity index (χ1v) is 7.01. The Morgan fingerprint density at radius 3 is 2.47 bits per heavy atom. The summed E-state index contributed by atoms with van der Waals surface area (Å²) >= 11 is 5.90. The van der Waals surface area contributed by atoms with Gasteiger partial charge in [-0.2, -0.15) is 0 Å². The summed E-state index contributed by atoms with van der Waals surface area (Å²) in [6.45, 7) is 2.15. The molecule has 0 spiro atoms. The van der Waals surface area contributed by atoms with Gasteiger partial charge in [-0.05, 0) is 42.8 Å². The van der Waals surface area contributed by atoms with Crippen molar-refractivity contribution in [2.45, 2.75) is 12.5 Å². The molecule has 2 aromatic rings. The summed E-state index contributed by atoms with van der Waals surface area (Å²) < 4.78 is 0. The Hall–Kier alpha value is -1.67. The van der Waals surface area contributed by atoms with Crippen LogP contribution in [0.4, 0.5) is 11.4 Å². The summed E-state index contributed by atoms with van der Waals surface area (Å²) in [7, 11) is 0. The lowest BCUT2D eigenvalue weighted by Gasteiger charge is -2.19. The molecule has 1 N–H and O–H groups in total. The number of rotatable bonds is 3. The van der Waals surface area contributed by atoms with Gasteiger partial charge in [0.2, 0.25) is 0 Å². The van der Waals surface area contributed by atoms with Crippen LogP contribution in [-0.2, 0) is 0 Å². The topological polar surface area (TPSA) is 15.3 Å². The van der Waals surface area contributed by atoms with Gasteiger partial charge in [-0.3, -0.25) is 0 Å². The molecular formula is C16H17ClN2. The summed E-state index contributed by atoms with van der Waals surface area (Å²) in [5.74, 6) is 0. The zero-order valence-corrected chi connectivity index (χ0v) is 11.5. The molecule has 0 aromatic heterocycles. The summed E-state index contributed by atoms with van der Waals surface area (Å²) in [6.07, 6.45) is 1.16. The summed E-state index contributed by atoms with van der Waals surface area (Å²) in [6, 6.07) is 19.0. The molecule has 0 amide bonds. The van der Waals surface area contributed by atoms with Gasteiger partial charge in [0.05, 0.1) is 0 Å². The van der Waals surface area contributed by atoms with Crippen LogP contribution in [0.25, 0.3) is 0 Å². The molecule has 2 nitrogen and oxygen atoms in total. The number of anilines is 2. The predicted molar refractivity (Wildman–Crippen MR) is 82.1 cm³/mol. The van der Waals surface area contributed by atoms with Crippen molar-refractivity contribution in [2.24, 2.45) is 0 Å². The standard InChI is InChI=1S/C16H17ClN2/c17-13-6-8-14(9-7-13)18-15-10-11-19(12-15)16-4-2-1-3-5-16/h1-9,15,18H,10-12H2. The molecular weight excluding hydrogens is 256 g/mol. The fraction of sp³-hybridized carbons (Fsp3) is 0.250. The maximum Gasteiger partial charge on any atom is 0.0453 e. The van der Waals surface area contributed by atoms with Crippen molar-refractivity contribution in [1.82, 2.24) is 0 Å². The predicted octanol–water partition coefficient (Wildman–Crippen LogP) is 4.03. The number of hydrogen-bond donors (Lipinski definition) is 1. The fourth-order valence-electron chi connectivity index (χ4n) is 2.53. The van der Waals surface area contributed by atoms with E-state index in [9.17, 15) is 0 Å². The van der Waals surface area contributed by atoms with Gasteiger partial charge in [-0.15, -0.1) is 0 Å². The number of hydrogen-bond acceptors (Lipinski definition) is 2. The first-order valence-electron chi connectivity index (χ1n) is 6.63. The third kappa shape index (κ3) is 3.02. The molecule has 0 bridgehead atoms. The van der Waals surface area contributed by atoms with Crippen LogP contribution in [0.5, 0.6) is 0 Å².